The van der Waals surface area contributed by atoms with Crippen LogP contribution < -0.4 is 10.2 Å². The minimum atomic E-state index is -0.0816. The van der Waals surface area contributed by atoms with E-state index >= 15 is 0 Å². The molecule has 0 saturated heterocycles. The Kier molecular flexibility index (Phi) is 7.66. The second-order valence-corrected chi connectivity index (χ2v) is 6.18. The molecule has 1 aromatic rings. The van der Waals surface area contributed by atoms with Crippen LogP contribution in [0.2, 0.25) is 0 Å². The fraction of sp³-hybridized carbons (Fsp3) is 0.467. The van der Waals surface area contributed by atoms with Crippen molar-refractivity contribution in [2.24, 2.45) is 0 Å². The summed E-state index contributed by atoms with van der Waals surface area (Å²) in [7, 11) is 1.86. The molecule has 2 amide bonds. The number of amides is 2. The average Bonchev–Trinajstić information content (AvgIpc) is 2.39. The van der Waals surface area contributed by atoms with Crippen molar-refractivity contribution in [2.75, 3.05) is 38.5 Å². The summed E-state index contributed by atoms with van der Waals surface area (Å²) in [6.07, 6.45) is 0. The number of carbonyl (C=O) groups is 2. The number of hydrogen-bond acceptors (Lipinski definition) is 2. The highest BCUT2D eigenvalue weighted by Gasteiger charge is 2.17. The van der Waals surface area contributed by atoms with Crippen LogP contribution in [0.1, 0.15) is 13.8 Å². The van der Waals surface area contributed by atoms with Crippen LogP contribution in [0.3, 0.4) is 0 Å². The van der Waals surface area contributed by atoms with Crippen LogP contribution >= 0.6 is 22.6 Å². The molecule has 0 bridgehead atoms. The number of anilines is 1. The number of nitrogens with one attached hydrogen (secondary N) is 2. The molecule has 0 saturated carbocycles. The number of halogens is 1. The Bertz CT molecular complexity index is 490. The van der Waals surface area contributed by atoms with Crippen LogP contribution in [0, 0.1) is 3.57 Å². The lowest BCUT2D eigenvalue weighted by Gasteiger charge is -2.20. The Morgan fingerprint density at radius 1 is 1.24 bits per heavy atom. The summed E-state index contributed by atoms with van der Waals surface area (Å²) >= 11 is 2.20. The van der Waals surface area contributed by atoms with Crippen molar-refractivity contribution in [3.63, 3.8) is 0 Å². The summed E-state index contributed by atoms with van der Waals surface area (Å²) in [6.45, 7) is 5.94. The summed E-state index contributed by atoms with van der Waals surface area (Å²) in [5.41, 5.74) is 0.787. The molecule has 21 heavy (non-hydrogen) atoms. The lowest BCUT2D eigenvalue weighted by Crippen LogP contribution is -3.11. The van der Waals surface area contributed by atoms with E-state index in [9.17, 15) is 9.59 Å². The molecule has 1 unspecified atom stereocenters. The molecule has 116 valence electrons. The largest absolute Gasteiger partial charge is 0.338 e. The van der Waals surface area contributed by atoms with E-state index in [2.05, 4.69) is 27.9 Å². The Morgan fingerprint density at radius 2 is 1.90 bits per heavy atom. The van der Waals surface area contributed by atoms with Gasteiger partial charge in [-0.15, -0.1) is 0 Å². The predicted molar refractivity (Wildman–Crippen MR) is 92.3 cm³/mol. The second kappa shape index (κ2) is 8.99. The Hall–Kier alpha value is -1.15. The van der Waals surface area contributed by atoms with E-state index in [1.807, 2.05) is 45.2 Å². The van der Waals surface area contributed by atoms with Gasteiger partial charge >= 0.3 is 0 Å². The number of likely N-dealkylation sites (N-methyl/N-ethyl adjacent to an activating group) is 2. The molecule has 1 aromatic carbocycles. The van der Waals surface area contributed by atoms with E-state index in [0.29, 0.717) is 19.6 Å². The quantitative estimate of drug-likeness (QED) is 0.655. The molecule has 0 aliphatic rings. The molecule has 6 heteroatoms. The molecule has 0 heterocycles. The molecule has 0 spiro atoms. The van der Waals surface area contributed by atoms with E-state index in [1.54, 1.807) is 4.90 Å². The van der Waals surface area contributed by atoms with Gasteiger partial charge < -0.3 is 15.1 Å². The van der Waals surface area contributed by atoms with Crippen LogP contribution in [-0.4, -0.2) is 49.9 Å². The van der Waals surface area contributed by atoms with Gasteiger partial charge in [-0.05, 0) is 54.6 Å². The van der Waals surface area contributed by atoms with Crippen molar-refractivity contribution in [1.82, 2.24) is 4.90 Å². The zero-order valence-corrected chi connectivity index (χ0v) is 14.9. The minimum Gasteiger partial charge on any atom is -0.338 e. The second-order valence-electron chi connectivity index (χ2n) is 4.94. The van der Waals surface area contributed by atoms with Gasteiger partial charge in [0.1, 0.15) is 0 Å². The zero-order valence-electron chi connectivity index (χ0n) is 12.8. The number of rotatable bonds is 7. The summed E-state index contributed by atoms with van der Waals surface area (Å²) in [4.78, 5) is 26.6. The normalized spacial score (nSPS) is 11.8. The van der Waals surface area contributed by atoms with Gasteiger partial charge in [-0.1, -0.05) is 6.07 Å². The molecule has 0 aromatic heterocycles. The Morgan fingerprint density at radius 3 is 2.48 bits per heavy atom. The van der Waals surface area contributed by atoms with E-state index in [4.69, 9.17) is 0 Å². The number of quaternary nitrogens is 1. The summed E-state index contributed by atoms with van der Waals surface area (Å²) in [5.74, 6) is 0.00130. The van der Waals surface area contributed by atoms with Crippen LogP contribution in [0.25, 0.3) is 0 Å². The topological polar surface area (TPSA) is 53.9 Å². The molecule has 5 nitrogen and oxygen atoms in total. The van der Waals surface area contributed by atoms with E-state index in [1.165, 1.54) is 0 Å². The van der Waals surface area contributed by atoms with Crippen LogP contribution in [0.15, 0.2) is 24.3 Å². The van der Waals surface area contributed by atoms with Crippen molar-refractivity contribution in [3.05, 3.63) is 27.8 Å². The van der Waals surface area contributed by atoms with Gasteiger partial charge in [0.15, 0.2) is 13.1 Å². The van der Waals surface area contributed by atoms with Gasteiger partial charge in [0.05, 0.1) is 7.05 Å². The standard InChI is InChI=1S/C15H22IN3O2/c1-4-19(5-2)15(21)11-18(3)10-14(20)17-13-8-6-7-12(16)9-13/h6-9H,4-5,10-11H2,1-3H3,(H,17,20)/p+1. The molecular weight excluding hydrogens is 381 g/mol. The number of nitrogens with zero attached hydrogens (tertiary/aromatic N) is 1. The summed E-state index contributed by atoms with van der Waals surface area (Å²) < 4.78 is 1.07. The summed E-state index contributed by atoms with van der Waals surface area (Å²) in [6, 6.07) is 7.64. The van der Waals surface area contributed by atoms with Crippen molar-refractivity contribution in [2.45, 2.75) is 13.8 Å². The maximum absolute atomic E-state index is 12.0. The Labute approximate surface area is 139 Å². The molecule has 1 atom stereocenters. The first kappa shape index (κ1) is 17.9. The van der Waals surface area contributed by atoms with Crippen LogP contribution in [-0.2, 0) is 9.59 Å². The Balaban J connectivity index is 2.45. The molecule has 0 aliphatic carbocycles. The zero-order chi connectivity index (χ0) is 15.8. The molecular formula is C15H23IN3O2+. The third-order valence-corrected chi connectivity index (χ3v) is 3.81. The molecule has 0 aliphatic heterocycles. The number of carbonyl (C=O) groups excluding carboxylic acids is 2. The smallest absolute Gasteiger partial charge is 0.279 e. The predicted octanol–water partition coefficient (Wildman–Crippen LogP) is 0.613. The maximum Gasteiger partial charge on any atom is 0.279 e. The third-order valence-electron chi connectivity index (χ3n) is 3.14. The van der Waals surface area contributed by atoms with Gasteiger partial charge in [0.2, 0.25) is 0 Å². The van der Waals surface area contributed by atoms with Gasteiger partial charge in [-0.2, -0.15) is 0 Å². The lowest BCUT2D eigenvalue weighted by atomic mass is 10.3. The van der Waals surface area contributed by atoms with E-state index < -0.39 is 0 Å². The highest BCUT2D eigenvalue weighted by atomic mass is 127. The monoisotopic (exact) mass is 404 g/mol. The minimum absolute atomic E-state index is 0.0816. The first-order valence-electron chi connectivity index (χ1n) is 7.10. The van der Waals surface area contributed by atoms with Crippen molar-refractivity contribution in [3.8, 4) is 0 Å². The van der Waals surface area contributed by atoms with Crippen molar-refractivity contribution in [1.29, 1.82) is 0 Å². The highest BCUT2D eigenvalue weighted by Crippen LogP contribution is 2.11. The van der Waals surface area contributed by atoms with Crippen molar-refractivity contribution >= 4 is 40.1 Å². The SMILES string of the molecule is CCN(CC)C(=O)C[NH+](C)CC(=O)Nc1cccc(I)c1. The van der Waals surface area contributed by atoms with Gasteiger partial charge in [-0.25, -0.2) is 0 Å². The van der Waals surface area contributed by atoms with Gasteiger partial charge in [0, 0.05) is 22.3 Å². The number of hydrogen-bond donors (Lipinski definition) is 2. The molecule has 0 fully saturated rings. The molecule has 2 N–H and O–H groups in total. The number of benzene rings is 1. The fourth-order valence-corrected chi connectivity index (χ4v) is 2.60. The van der Waals surface area contributed by atoms with E-state index in [-0.39, 0.29) is 18.4 Å². The van der Waals surface area contributed by atoms with Gasteiger partial charge in [-0.3, -0.25) is 9.59 Å². The third kappa shape index (κ3) is 6.43. The maximum atomic E-state index is 12.0. The highest BCUT2D eigenvalue weighted by molar-refractivity contribution is 14.1. The first-order chi connectivity index (χ1) is 9.96. The molecule has 1 rings (SSSR count). The molecule has 0 radical (unpaired) electrons. The van der Waals surface area contributed by atoms with Gasteiger partial charge in [0.25, 0.3) is 11.8 Å². The average molecular weight is 404 g/mol. The fourth-order valence-electron chi connectivity index (χ4n) is 2.05. The summed E-state index contributed by atoms with van der Waals surface area (Å²) in [5, 5.41) is 2.85. The van der Waals surface area contributed by atoms with Crippen LogP contribution in [0.4, 0.5) is 5.69 Å². The van der Waals surface area contributed by atoms with E-state index in [0.717, 1.165) is 14.2 Å². The van der Waals surface area contributed by atoms with Crippen molar-refractivity contribution < 1.29 is 14.5 Å². The first-order valence-corrected chi connectivity index (χ1v) is 8.18. The van der Waals surface area contributed by atoms with Crippen LogP contribution in [0.5, 0.6) is 0 Å². The lowest BCUT2D eigenvalue weighted by molar-refractivity contribution is -0.862.